The van der Waals surface area contributed by atoms with E-state index in [0.29, 0.717) is 45.2 Å². The minimum Gasteiger partial charge on any atom is -0.496 e. The lowest BCUT2D eigenvalue weighted by molar-refractivity contribution is -0.136. The van der Waals surface area contributed by atoms with E-state index in [1.54, 1.807) is 7.11 Å². The highest BCUT2D eigenvalue weighted by Gasteiger charge is 2.27. The molecule has 4 rings (SSSR count). The van der Waals surface area contributed by atoms with Crippen LogP contribution in [0.4, 0.5) is 0 Å². The van der Waals surface area contributed by atoms with Crippen LogP contribution in [0.1, 0.15) is 41.9 Å². The van der Waals surface area contributed by atoms with Crippen LogP contribution in [-0.4, -0.2) is 63.8 Å². The van der Waals surface area contributed by atoms with E-state index in [-0.39, 0.29) is 18.4 Å². The Hall–Kier alpha value is -3.59. The molecule has 0 aromatic heterocycles. The topological polar surface area (TPSA) is 95.5 Å². The molecule has 1 fully saturated rings. The van der Waals surface area contributed by atoms with E-state index in [1.807, 2.05) is 60.7 Å². The van der Waals surface area contributed by atoms with Crippen LogP contribution in [0.15, 0.2) is 72.8 Å². The van der Waals surface area contributed by atoms with Crippen molar-refractivity contribution in [3.05, 3.63) is 89.5 Å². The van der Waals surface area contributed by atoms with Gasteiger partial charge in [-0.25, -0.2) is 0 Å². The van der Waals surface area contributed by atoms with E-state index >= 15 is 0 Å². The van der Waals surface area contributed by atoms with Crippen molar-refractivity contribution in [2.45, 2.75) is 44.3 Å². The molecule has 3 aromatic carbocycles. The zero-order valence-corrected chi connectivity index (χ0v) is 23.8. The van der Waals surface area contributed by atoms with Crippen molar-refractivity contribution >= 4 is 5.97 Å². The first-order chi connectivity index (χ1) is 20.1. The number of piperidine rings is 1. The summed E-state index contributed by atoms with van der Waals surface area (Å²) in [5, 5.41) is 12.4. The minimum absolute atomic E-state index is 0.0433. The van der Waals surface area contributed by atoms with Gasteiger partial charge >= 0.3 is 5.97 Å². The molecule has 0 bridgehead atoms. The highest BCUT2D eigenvalue weighted by Crippen LogP contribution is 2.29. The van der Waals surface area contributed by atoms with Crippen molar-refractivity contribution in [3.63, 3.8) is 0 Å². The third-order valence-corrected chi connectivity index (χ3v) is 7.14. The number of nitrogens with one attached hydrogen (secondary N) is 1. The van der Waals surface area contributed by atoms with Gasteiger partial charge < -0.3 is 34.1 Å². The monoisotopic (exact) mass is 563 g/mol. The first-order valence-electron chi connectivity index (χ1n) is 14.3. The number of rotatable bonds is 17. The van der Waals surface area contributed by atoms with Crippen LogP contribution in [0.2, 0.25) is 0 Å². The number of aryl methyl sites for hydroxylation is 1. The van der Waals surface area contributed by atoms with Crippen molar-refractivity contribution in [2.75, 3.05) is 46.6 Å². The molecule has 220 valence electrons. The van der Waals surface area contributed by atoms with Gasteiger partial charge in [0.1, 0.15) is 23.9 Å². The largest absolute Gasteiger partial charge is 0.496 e. The third-order valence-electron chi connectivity index (χ3n) is 7.14. The summed E-state index contributed by atoms with van der Waals surface area (Å²) in [5.41, 5.74) is 3.18. The summed E-state index contributed by atoms with van der Waals surface area (Å²) in [6.45, 7) is 4.31. The molecule has 3 aromatic rings. The Morgan fingerprint density at radius 3 is 2.41 bits per heavy atom. The predicted octanol–water partition coefficient (Wildman–Crippen LogP) is 5.24. The smallest absolute Gasteiger partial charge is 0.303 e. The van der Waals surface area contributed by atoms with E-state index in [0.717, 1.165) is 48.6 Å². The molecule has 8 heteroatoms. The Bertz CT molecular complexity index is 1200. The molecule has 1 heterocycles. The second-order valence-corrected chi connectivity index (χ2v) is 9.99. The van der Waals surface area contributed by atoms with E-state index in [9.17, 15) is 4.79 Å². The third kappa shape index (κ3) is 9.78. The summed E-state index contributed by atoms with van der Waals surface area (Å²) in [6, 6.07) is 23.8. The summed E-state index contributed by atoms with van der Waals surface area (Å²) >= 11 is 0. The van der Waals surface area contributed by atoms with E-state index < -0.39 is 5.97 Å². The number of ether oxygens (including phenoxy) is 5. The van der Waals surface area contributed by atoms with Crippen LogP contribution in [0.3, 0.4) is 0 Å². The van der Waals surface area contributed by atoms with Gasteiger partial charge in [-0.2, -0.15) is 0 Å². The summed E-state index contributed by atoms with van der Waals surface area (Å²) < 4.78 is 29.3. The number of hydrogen-bond acceptors (Lipinski definition) is 7. The number of hydrogen-bond donors (Lipinski definition) is 2. The molecule has 1 aliphatic heterocycles. The van der Waals surface area contributed by atoms with Gasteiger partial charge in [-0.05, 0) is 54.8 Å². The Labute approximate surface area is 242 Å². The van der Waals surface area contributed by atoms with Crippen LogP contribution >= 0.6 is 0 Å². The van der Waals surface area contributed by atoms with Crippen LogP contribution in [0.5, 0.6) is 17.2 Å². The van der Waals surface area contributed by atoms with Crippen LogP contribution < -0.4 is 19.5 Å². The quantitative estimate of drug-likeness (QED) is 0.215. The molecule has 0 amide bonds. The second kappa shape index (κ2) is 16.6. The molecule has 1 saturated heterocycles. The predicted molar refractivity (Wildman–Crippen MR) is 157 cm³/mol. The first-order valence-corrected chi connectivity index (χ1v) is 14.3. The van der Waals surface area contributed by atoms with E-state index in [1.165, 1.54) is 5.56 Å². The fourth-order valence-electron chi connectivity index (χ4n) is 5.00. The van der Waals surface area contributed by atoms with Crippen molar-refractivity contribution in [3.8, 4) is 17.2 Å². The van der Waals surface area contributed by atoms with Crippen molar-refractivity contribution in [2.24, 2.45) is 0 Å². The highest BCUT2D eigenvalue weighted by molar-refractivity contribution is 5.67. The maximum atomic E-state index is 10.9. The lowest BCUT2D eigenvalue weighted by Crippen LogP contribution is -2.41. The van der Waals surface area contributed by atoms with Crippen LogP contribution in [0, 0.1) is 0 Å². The number of carbonyl (C=O) groups is 1. The molecular weight excluding hydrogens is 522 g/mol. The summed E-state index contributed by atoms with van der Waals surface area (Å²) in [5.74, 6) is 1.88. The molecule has 1 aliphatic rings. The molecule has 0 saturated carbocycles. The Kier molecular flexibility index (Phi) is 12.3. The zero-order valence-electron chi connectivity index (χ0n) is 23.8. The molecular formula is C33H41NO7. The Balaban J connectivity index is 1.17. The number of carboxylic acids is 1. The van der Waals surface area contributed by atoms with Crippen LogP contribution in [0.25, 0.3) is 0 Å². The molecule has 0 spiro atoms. The number of methoxy groups -OCH3 is 1. The zero-order chi connectivity index (χ0) is 28.7. The van der Waals surface area contributed by atoms with E-state index in [4.69, 9.17) is 28.8 Å². The number of carboxylic acid groups (broad SMARTS) is 1. The minimum atomic E-state index is -0.815. The van der Waals surface area contributed by atoms with Crippen molar-refractivity contribution in [1.82, 2.24) is 5.32 Å². The van der Waals surface area contributed by atoms with Crippen molar-refractivity contribution in [1.29, 1.82) is 0 Å². The number of benzene rings is 3. The molecule has 0 unspecified atom stereocenters. The average Bonchev–Trinajstić information content (AvgIpc) is 3.01. The average molecular weight is 564 g/mol. The van der Waals surface area contributed by atoms with Crippen LogP contribution in [-0.2, 0) is 27.3 Å². The molecule has 41 heavy (non-hydrogen) atoms. The van der Waals surface area contributed by atoms with Gasteiger partial charge in [-0.15, -0.1) is 0 Å². The van der Waals surface area contributed by atoms with Gasteiger partial charge in [0, 0.05) is 30.9 Å². The lowest BCUT2D eigenvalue weighted by Gasteiger charge is -2.32. The fourth-order valence-corrected chi connectivity index (χ4v) is 5.00. The normalized spacial score (nSPS) is 16.7. The lowest BCUT2D eigenvalue weighted by atomic mass is 9.88. The summed E-state index contributed by atoms with van der Waals surface area (Å²) in [7, 11) is 1.67. The van der Waals surface area contributed by atoms with Gasteiger partial charge in [0.2, 0.25) is 0 Å². The molecule has 2 N–H and O–H groups in total. The second-order valence-electron chi connectivity index (χ2n) is 9.99. The van der Waals surface area contributed by atoms with Gasteiger partial charge in [0.05, 0.1) is 39.6 Å². The number of para-hydroxylation sites is 2. The molecule has 0 aliphatic carbocycles. The van der Waals surface area contributed by atoms with E-state index in [2.05, 4.69) is 17.4 Å². The molecule has 2 atom stereocenters. The molecule has 0 radical (unpaired) electrons. The van der Waals surface area contributed by atoms with Gasteiger partial charge in [0.25, 0.3) is 0 Å². The fraction of sp³-hybridized carbons (Fsp3) is 0.424. The standard InChI is InChI=1S/C33H41NO7/c1-37-30-9-4-3-8-27(30)24-38-19-6-20-39-28-14-11-25(12-15-28)29-17-18-34-23-32(29)41-22-21-40-31-10-5-2-7-26(31)13-16-33(35)36/h2-5,7-12,14-15,29,32,34H,6,13,16-24H2,1H3,(H,35,36)/t29-,32+/m1/s1. The molecule has 8 nitrogen and oxygen atoms in total. The van der Waals surface area contributed by atoms with Crippen molar-refractivity contribution < 1.29 is 33.6 Å². The SMILES string of the molecule is COc1ccccc1COCCCOc1ccc([C@H]2CCNC[C@@H]2OCCOc2ccccc2CCC(=O)O)cc1. The maximum absolute atomic E-state index is 10.9. The number of aliphatic carboxylic acids is 1. The Morgan fingerprint density at radius 2 is 1.63 bits per heavy atom. The van der Waals surface area contributed by atoms with Gasteiger partial charge in [-0.1, -0.05) is 48.5 Å². The highest BCUT2D eigenvalue weighted by atomic mass is 16.5. The first kappa shape index (κ1) is 30.4. The Morgan fingerprint density at radius 1 is 0.878 bits per heavy atom. The maximum Gasteiger partial charge on any atom is 0.303 e. The summed E-state index contributed by atoms with van der Waals surface area (Å²) in [6.07, 6.45) is 2.36. The summed E-state index contributed by atoms with van der Waals surface area (Å²) in [4.78, 5) is 10.9. The van der Waals surface area contributed by atoms with Gasteiger partial charge in [0.15, 0.2) is 0 Å². The van der Waals surface area contributed by atoms with Gasteiger partial charge in [-0.3, -0.25) is 4.79 Å².